The molecule has 1 aromatic rings. The van der Waals surface area contributed by atoms with E-state index in [2.05, 4.69) is 15.9 Å². The number of carbonyl (C=O) groups excluding carboxylic acids is 1. The molecule has 6 heteroatoms. The van der Waals surface area contributed by atoms with Crippen LogP contribution in [0.3, 0.4) is 0 Å². The Bertz CT molecular complexity index is 484. The number of carbonyl (C=O) groups is 2. The molecule has 0 bridgehead atoms. The third-order valence-corrected chi connectivity index (χ3v) is 4.97. The maximum absolute atomic E-state index is 12.2. The molecule has 1 unspecified atom stereocenters. The van der Waals surface area contributed by atoms with E-state index < -0.39 is 12.0 Å². The van der Waals surface area contributed by atoms with Crippen LogP contribution in [0.25, 0.3) is 0 Å². The third kappa shape index (κ3) is 3.79. The van der Waals surface area contributed by atoms with E-state index in [1.165, 1.54) is 0 Å². The average molecular weight is 346 g/mol. The Kier molecular flexibility index (Phi) is 4.62. The van der Waals surface area contributed by atoms with E-state index in [-0.39, 0.29) is 11.9 Å². The Balaban J connectivity index is 1.94. The first kappa shape index (κ1) is 14.5. The SMILES string of the molecule is CC(C(=O)O)N(C(=O)CCc1cc(Br)cs1)C1CC1. The number of hydrogen-bond acceptors (Lipinski definition) is 3. The van der Waals surface area contributed by atoms with Crippen LogP contribution in [0.15, 0.2) is 15.9 Å². The van der Waals surface area contributed by atoms with Gasteiger partial charge in [-0.25, -0.2) is 4.79 Å². The Labute approximate surface area is 124 Å². The molecule has 4 nitrogen and oxygen atoms in total. The number of halogens is 1. The van der Waals surface area contributed by atoms with Gasteiger partial charge in [-0.2, -0.15) is 0 Å². The minimum atomic E-state index is -0.931. The van der Waals surface area contributed by atoms with Crippen LogP contribution in [-0.4, -0.2) is 34.0 Å². The van der Waals surface area contributed by atoms with Gasteiger partial charge in [-0.05, 0) is 48.2 Å². The second-order valence-electron chi connectivity index (χ2n) is 4.78. The number of nitrogens with zero attached hydrogens (tertiary/aromatic N) is 1. The molecule has 1 fully saturated rings. The zero-order valence-corrected chi connectivity index (χ0v) is 13.0. The van der Waals surface area contributed by atoms with Crippen LogP contribution in [-0.2, 0) is 16.0 Å². The molecule has 0 aromatic carbocycles. The van der Waals surface area contributed by atoms with E-state index in [0.717, 1.165) is 22.2 Å². The van der Waals surface area contributed by atoms with Crippen LogP contribution >= 0.6 is 27.3 Å². The summed E-state index contributed by atoms with van der Waals surface area (Å²) in [6.07, 6.45) is 2.90. The van der Waals surface area contributed by atoms with Crippen LogP contribution < -0.4 is 0 Å². The first-order valence-electron chi connectivity index (χ1n) is 6.26. The lowest BCUT2D eigenvalue weighted by molar-refractivity contribution is -0.150. The standard InChI is InChI=1S/C13H16BrNO3S/c1-8(13(17)18)15(10-2-3-10)12(16)5-4-11-6-9(14)7-19-11/h6-8,10H,2-5H2,1H3,(H,17,18). The molecule has 1 amide bonds. The Morgan fingerprint density at radius 2 is 2.26 bits per heavy atom. The molecule has 2 rings (SSSR count). The van der Waals surface area contributed by atoms with Gasteiger partial charge >= 0.3 is 5.97 Å². The van der Waals surface area contributed by atoms with Crippen molar-refractivity contribution in [2.24, 2.45) is 0 Å². The average Bonchev–Trinajstić information content (AvgIpc) is 3.09. The summed E-state index contributed by atoms with van der Waals surface area (Å²) in [6.45, 7) is 1.58. The summed E-state index contributed by atoms with van der Waals surface area (Å²) in [6, 6.07) is 1.41. The van der Waals surface area contributed by atoms with Crippen LogP contribution in [0.1, 0.15) is 31.1 Å². The summed E-state index contributed by atoms with van der Waals surface area (Å²) < 4.78 is 1.03. The van der Waals surface area contributed by atoms with Gasteiger partial charge in [0.1, 0.15) is 6.04 Å². The van der Waals surface area contributed by atoms with Crippen LogP contribution in [0.5, 0.6) is 0 Å². The topological polar surface area (TPSA) is 57.6 Å². The number of carboxylic acid groups (broad SMARTS) is 1. The Morgan fingerprint density at radius 1 is 1.58 bits per heavy atom. The van der Waals surface area contributed by atoms with Crippen molar-refractivity contribution in [3.63, 3.8) is 0 Å². The van der Waals surface area contributed by atoms with Crippen molar-refractivity contribution >= 4 is 39.1 Å². The van der Waals surface area contributed by atoms with Gasteiger partial charge in [0.05, 0.1) is 0 Å². The number of carboxylic acids is 1. The lowest BCUT2D eigenvalue weighted by Gasteiger charge is -2.26. The first-order valence-corrected chi connectivity index (χ1v) is 7.93. The minimum absolute atomic E-state index is 0.0538. The highest BCUT2D eigenvalue weighted by atomic mass is 79.9. The Hall–Kier alpha value is -0.880. The van der Waals surface area contributed by atoms with Crippen molar-refractivity contribution in [1.29, 1.82) is 0 Å². The number of aliphatic carboxylic acids is 1. The van der Waals surface area contributed by atoms with Gasteiger partial charge in [0.2, 0.25) is 5.91 Å². The number of aryl methyl sites for hydroxylation is 1. The van der Waals surface area contributed by atoms with E-state index >= 15 is 0 Å². The summed E-state index contributed by atoms with van der Waals surface area (Å²) in [5.74, 6) is -0.985. The molecular formula is C13H16BrNO3S. The highest BCUT2D eigenvalue weighted by Crippen LogP contribution is 2.30. The molecule has 0 spiro atoms. The minimum Gasteiger partial charge on any atom is -0.480 e. The fourth-order valence-electron chi connectivity index (χ4n) is 2.05. The second kappa shape index (κ2) is 6.05. The van der Waals surface area contributed by atoms with Gasteiger partial charge in [0, 0.05) is 27.2 Å². The van der Waals surface area contributed by atoms with Crippen molar-refractivity contribution in [3.05, 3.63) is 20.8 Å². The van der Waals surface area contributed by atoms with Crippen molar-refractivity contribution < 1.29 is 14.7 Å². The summed E-state index contributed by atoms with van der Waals surface area (Å²) in [7, 11) is 0. The number of thiophene rings is 1. The largest absolute Gasteiger partial charge is 0.480 e. The zero-order valence-electron chi connectivity index (χ0n) is 10.6. The molecule has 0 saturated heterocycles. The smallest absolute Gasteiger partial charge is 0.326 e. The fourth-order valence-corrected chi connectivity index (χ4v) is 3.51. The van der Waals surface area contributed by atoms with Crippen LogP contribution in [0.4, 0.5) is 0 Å². The maximum atomic E-state index is 12.2. The summed E-state index contributed by atoms with van der Waals surface area (Å²) in [5, 5.41) is 11.1. The number of rotatable bonds is 6. The van der Waals surface area contributed by atoms with Crippen molar-refractivity contribution in [3.8, 4) is 0 Å². The second-order valence-corrected chi connectivity index (χ2v) is 6.69. The van der Waals surface area contributed by atoms with Crippen LogP contribution in [0.2, 0.25) is 0 Å². The van der Waals surface area contributed by atoms with Gasteiger partial charge in [-0.3, -0.25) is 4.79 Å². The van der Waals surface area contributed by atoms with E-state index in [0.29, 0.717) is 12.8 Å². The summed E-state index contributed by atoms with van der Waals surface area (Å²) in [5.41, 5.74) is 0. The predicted molar refractivity (Wildman–Crippen MR) is 77.3 cm³/mol. The molecular weight excluding hydrogens is 330 g/mol. The maximum Gasteiger partial charge on any atom is 0.326 e. The molecule has 1 N–H and O–H groups in total. The highest BCUT2D eigenvalue weighted by Gasteiger charge is 2.37. The molecule has 1 saturated carbocycles. The number of amides is 1. The van der Waals surface area contributed by atoms with Crippen LogP contribution in [0, 0.1) is 0 Å². The quantitative estimate of drug-likeness (QED) is 0.862. The van der Waals surface area contributed by atoms with E-state index in [1.807, 2.05) is 11.4 Å². The first-order chi connectivity index (χ1) is 8.99. The van der Waals surface area contributed by atoms with E-state index in [1.54, 1.807) is 23.2 Å². The third-order valence-electron chi connectivity index (χ3n) is 3.21. The molecule has 1 aromatic heterocycles. The Morgan fingerprint density at radius 3 is 2.74 bits per heavy atom. The highest BCUT2D eigenvalue weighted by molar-refractivity contribution is 9.10. The lowest BCUT2D eigenvalue weighted by Crippen LogP contribution is -2.44. The van der Waals surface area contributed by atoms with Gasteiger partial charge in [-0.15, -0.1) is 11.3 Å². The molecule has 1 aliphatic carbocycles. The number of hydrogen-bond donors (Lipinski definition) is 1. The van der Waals surface area contributed by atoms with Crippen molar-refractivity contribution in [1.82, 2.24) is 4.90 Å². The van der Waals surface area contributed by atoms with Gasteiger partial charge in [-0.1, -0.05) is 0 Å². The normalized spacial score (nSPS) is 16.1. The summed E-state index contributed by atoms with van der Waals surface area (Å²) >= 11 is 4.99. The molecule has 1 atom stereocenters. The van der Waals surface area contributed by atoms with E-state index in [4.69, 9.17) is 5.11 Å². The van der Waals surface area contributed by atoms with Crippen molar-refractivity contribution in [2.45, 2.75) is 44.7 Å². The summed E-state index contributed by atoms with van der Waals surface area (Å²) in [4.78, 5) is 25.9. The monoisotopic (exact) mass is 345 g/mol. The molecule has 0 aliphatic heterocycles. The molecule has 19 heavy (non-hydrogen) atoms. The lowest BCUT2D eigenvalue weighted by atomic mass is 10.2. The molecule has 1 heterocycles. The zero-order chi connectivity index (χ0) is 14.0. The fraction of sp³-hybridized carbons (Fsp3) is 0.538. The van der Waals surface area contributed by atoms with Gasteiger partial charge < -0.3 is 10.0 Å². The van der Waals surface area contributed by atoms with Gasteiger partial charge in [0.15, 0.2) is 0 Å². The van der Waals surface area contributed by atoms with Gasteiger partial charge in [0.25, 0.3) is 0 Å². The predicted octanol–water partition coefficient (Wildman–Crippen LogP) is 2.91. The molecule has 0 radical (unpaired) electrons. The molecule has 1 aliphatic rings. The van der Waals surface area contributed by atoms with Crippen molar-refractivity contribution in [2.75, 3.05) is 0 Å². The van der Waals surface area contributed by atoms with E-state index in [9.17, 15) is 9.59 Å². The molecule has 104 valence electrons.